The molecule has 8 atom stereocenters. The summed E-state index contributed by atoms with van der Waals surface area (Å²) in [5.74, 6) is 1.07. The van der Waals surface area contributed by atoms with Crippen LogP contribution in [-0.4, -0.2) is 149 Å². The molecule has 0 fully saturated rings. The Kier molecular flexibility index (Phi) is 18.8. The number of hydrogen-bond acceptors (Lipinski definition) is 14. The first kappa shape index (κ1) is 37.6. The Bertz CT molecular complexity index is 852. The van der Waals surface area contributed by atoms with Crippen molar-refractivity contribution < 1.29 is 60.6 Å². The van der Waals surface area contributed by atoms with E-state index in [1.54, 1.807) is 23.1 Å². The number of nitrogens with zero attached hydrogens (tertiary/aromatic N) is 1. The molecule has 0 radical (unpaired) electrons. The topological polar surface area (TPSA) is 232 Å². The van der Waals surface area contributed by atoms with Crippen LogP contribution in [0.4, 0.5) is 0 Å². The monoisotopic (exact) mass is 609 g/mol. The number of rotatable bonds is 22. The summed E-state index contributed by atoms with van der Waals surface area (Å²) in [6.07, 6.45) is -11.5. The molecule has 0 heterocycles. The van der Waals surface area contributed by atoms with Crippen LogP contribution in [0.1, 0.15) is 38.2 Å². The maximum atomic E-state index is 11.2. The third-order valence-electron chi connectivity index (χ3n) is 6.47. The second-order valence-corrected chi connectivity index (χ2v) is 11.3. The summed E-state index contributed by atoms with van der Waals surface area (Å²) in [4.78, 5) is 13.0. The molecule has 10 N–H and O–H groups in total. The molecule has 1 rings (SSSR count). The van der Waals surface area contributed by atoms with Crippen LogP contribution in [0.15, 0.2) is 24.3 Å². The number of hydrogen-bond donors (Lipinski definition) is 10. The molecule has 0 bridgehead atoms. The van der Waals surface area contributed by atoms with E-state index in [1.807, 2.05) is 6.07 Å². The van der Waals surface area contributed by atoms with Gasteiger partial charge in [0.1, 0.15) is 18.5 Å². The Labute approximate surface area is 244 Å². The number of thioether (sulfide) groups is 1. The highest BCUT2D eigenvalue weighted by atomic mass is 32.2. The quantitative estimate of drug-likeness (QED) is 0.0659. The lowest BCUT2D eigenvalue weighted by Crippen LogP contribution is -2.42. The minimum Gasteiger partial charge on any atom is -0.492 e. The minimum absolute atomic E-state index is 0.000346. The van der Waals surface area contributed by atoms with Crippen molar-refractivity contribution in [1.82, 2.24) is 4.90 Å². The van der Waals surface area contributed by atoms with Crippen molar-refractivity contribution in [3.05, 3.63) is 29.8 Å². The first-order valence-corrected chi connectivity index (χ1v) is 14.6. The van der Waals surface area contributed by atoms with E-state index < -0.39 is 62.0 Å². The Balaban J connectivity index is 2.77. The third kappa shape index (κ3) is 16.1. The van der Waals surface area contributed by atoms with E-state index in [4.69, 9.17) is 14.9 Å². The Morgan fingerprint density at radius 2 is 1.41 bits per heavy atom. The van der Waals surface area contributed by atoms with E-state index in [2.05, 4.69) is 0 Å². The zero-order chi connectivity index (χ0) is 30.9. The maximum Gasteiger partial charge on any atom is 0.186 e. The normalized spacial score (nSPS) is 17.9. The molecular formula is C27H47NO12S. The van der Waals surface area contributed by atoms with E-state index in [-0.39, 0.29) is 57.0 Å². The van der Waals surface area contributed by atoms with Crippen molar-refractivity contribution in [3.63, 3.8) is 0 Å². The first-order valence-electron chi connectivity index (χ1n) is 13.6. The SMILES string of the molecule is CC(=O)SCc1cccc(OCCN(CC[C@@H](O)[C@@H](O)C[C@H](O)[C@H](O)CO)C[C@@H](O)C[C@@H](O)[C@H](O)C[C@H](O)CO)c1. The molecule has 0 aliphatic carbocycles. The van der Waals surface area contributed by atoms with Crippen LogP contribution in [0.2, 0.25) is 0 Å². The number of carbonyl (C=O) groups is 1. The lowest BCUT2D eigenvalue weighted by Gasteiger charge is -2.29. The predicted octanol–water partition coefficient (Wildman–Crippen LogP) is -2.42. The summed E-state index contributed by atoms with van der Waals surface area (Å²) in [5, 5.41) is 98.0. The summed E-state index contributed by atoms with van der Waals surface area (Å²) in [7, 11) is 0. The largest absolute Gasteiger partial charge is 0.492 e. The molecule has 13 nitrogen and oxygen atoms in total. The van der Waals surface area contributed by atoms with Gasteiger partial charge in [-0.1, -0.05) is 23.9 Å². The van der Waals surface area contributed by atoms with Gasteiger partial charge in [0.25, 0.3) is 0 Å². The van der Waals surface area contributed by atoms with Gasteiger partial charge in [-0.2, -0.15) is 0 Å². The minimum atomic E-state index is -1.46. The predicted molar refractivity (Wildman–Crippen MR) is 151 cm³/mol. The van der Waals surface area contributed by atoms with Crippen LogP contribution in [0.25, 0.3) is 0 Å². The van der Waals surface area contributed by atoms with Gasteiger partial charge in [-0.3, -0.25) is 9.69 Å². The number of aliphatic hydroxyl groups is 10. The van der Waals surface area contributed by atoms with Crippen molar-refractivity contribution in [2.75, 3.05) is 39.5 Å². The molecule has 0 saturated heterocycles. The van der Waals surface area contributed by atoms with Crippen LogP contribution in [0.5, 0.6) is 5.75 Å². The molecule has 238 valence electrons. The van der Waals surface area contributed by atoms with Gasteiger partial charge in [0.2, 0.25) is 0 Å². The Morgan fingerprint density at radius 1 is 0.805 bits per heavy atom. The van der Waals surface area contributed by atoms with Crippen molar-refractivity contribution >= 4 is 16.9 Å². The summed E-state index contributed by atoms with van der Waals surface area (Å²) < 4.78 is 5.83. The number of ether oxygens (including phenoxy) is 1. The Morgan fingerprint density at radius 3 is 2.02 bits per heavy atom. The molecule has 0 saturated carbocycles. The second kappa shape index (κ2) is 20.5. The molecule has 0 spiro atoms. The summed E-state index contributed by atoms with van der Waals surface area (Å²) in [5.41, 5.74) is 0.902. The van der Waals surface area contributed by atoms with Gasteiger partial charge in [0.15, 0.2) is 5.12 Å². The molecular weight excluding hydrogens is 562 g/mol. The van der Waals surface area contributed by atoms with E-state index in [1.165, 1.54) is 18.7 Å². The van der Waals surface area contributed by atoms with Gasteiger partial charge in [-0.05, 0) is 24.1 Å². The van der Waals surface area contributed by atoms with Crippen molar-refractivity contribution in [3.8, 4) is 5.75 Å². The molecule has 0 aliphatic heterocycles. The average molecular weight is 610 g/mol. The highest BCUT2D eigenvalue weighted by Gasteiger charge is 2.26. The average Bonchev–Trinajstić information content (AvgIpc) is 2.93. The third-order valence-corrected chi connectivity index (χ3v) is 7.35. The van der Waals surface area contributed by atoms with Crippen LogP contribution >= 0.6 is 11.8 Å². The van der Waals surface area contributed by atoms with Gasteiger partial charge >= 0.3 is 0 Å². The lowest BCUT2D eigenvalue weighted by atomic mass is 10.00. The molecule has 0 unspecified atom stereocenters. The van der Waals surface area contributed by atoms with Crippen LogP contribution in [0, 0.1) is 0 Å². The summed E-state index contributed by atoms with van der Waals surface area (Å²) in [6, 6.07) is 7.23. The first-order chi connectivity index (χ1) is 19.4. The van der Waals surface area contributed by atoms with E-state index in [9.17, 15) is 45.6 Å². The summed E-state index contributed by atoms with van der Waals surface area (Å²) >= 11 is 1.18. The Hall–Kier alpha value is -1.40. The van der Waals surface area contributed by atoms with Gasteiger partial charge in [0.05, 0.1) is 55.9 Å². The number of benzene rings is 1. The zero-order valence-corrected chi connectivity index (χ0v) is 24.2. The van der Waals surface area contributed by atoms with Crippen LogP contribution < -0.4 is 4.74 Å². The molecule has 41 heavy (non-hydrogen) atoms. The molecule has 14 heteroatoms. The molecule has 1 aromatic carbocycles. The molecule has 0 aliphatic rings. The maximum absolute atomic E-state index is 11.2. The fourth-order valence-electron chi connectivity index (χ4n) is 4.01. The lowest BCUT2D eigenvalue weighted by molar-refractivity contribution is -0.109. The molecule has 0 amide bonds. The van der Waals surface area contributed by atoms with E-state index in [0.29, 0.717) is 11.5 Å². The highest BCUT2D eigenvalue weighted by Crippen LogP contribution is 2.19. The summed E-state index contributed by atoms with van der Waals surface area (Å²) in [6.45, 7) is 0.803. The van der Waals surface area contributed by atoms with Gasteiger partial charge in [-0.25, -0.2) is 0 Å². The van der Waals surface area contributed by atoms with Crippen molar-refractivity contribution in [2.45, 2.75) is 87.2 Å². The molecule has 1 aromatic rings. The van der Waals surface area contributed by atoms with Crippen molar-refractivity contribution in [1.29, 1.82) is 0 Å². The fourth-order valence-corrected chi connectivity index (χ4v) is 4.56. The standard InChI is InChI=1S/C27H47NO12S/c1-17(31)41-16-18-3-2-4-21(9-18)40-8-7-28(6-5-22(34)25(37)12-26(38)27(39)15-30)13-19(32)10-23(35)24(36)11-20(33)14-29/h2-4,9,19-20,22-27,29-30,32-39H,5-8,10-16H2,1H3/t19-,20-,22+,23+,24+,25-,26-,27+/m0/s1. The smallest absolute Gasteiger partial charge is 0.186 e. The van der Waals surface area contributed by atoms with E-state index in [0.717, 1.165) is 5.56 Å². The van der Waals surface area contributed by atoms with Gasteiger partial charge in [-0.15, -0.1) is 0 Å². The van der Waals surface area contributed by atoms with Crippen molar-refractivity contribution in [2.24, 2.45) is 0 Å². The number of aliphatic hydroxyl groups excluding tert-OH is 10. The van der Waals surface area contributed by atoms with Gasteiger partial charge < -0.3 is 55.8 Å². The fraction of sp³-hybridized carbons (Fsp3) is 0.741. The van der Waals surface area contributed by atoms with E-state index >= 15 is 0 Å². The van der Waals surface area contributed by atoms with Crippen LogP contribution in [0.3, 0.4) is 0 Å². The number of carbonyl (C=O) groups excluding carboxylic acids is 1. The van der Waals surface area contributed by atoms with Crippen LogP contribution in [-0.2, 0) is 10.5 Å². The highest BCUT2D eigenvalue weighted by molar-refractivity contribution is 8.12. The zero-order valence-electron chi connectivity index (χ0n) is 23.4. The van der Waals surface area contributed by atoms with Gasteiger partial charge in [0, 0.05) is 51.6 Å². The second-order valence-electron chi connectivity index (χ2n) is 10.1. The molecule has 0 aromatic heterocycles.